The highest BCUT2D eigenvalue weighted by molar-refractivity contribution is 6.02. The maximum atomic E-state index is 11.3. The smallest absolute Gasteiger partial charge is 0.246 e. The number of carbonyl (C=O) groups is 2. The molecule has 1 saturated heterocycles. The predicted molar refractivity (Wildman–Crippen MR) is 71.7 cm³/mol. The Balaban J connectivity index is 1.84. The zero-order valence-corrected chi connectivity index (χ0v) is 10.5. The molecule has 0 saturated carbocycles. The minimum Gasteiger partial charge on any atom is -0.367 e. The van der Waals surface area contributed by atoms with Gasteiger partial charge in [-0.05, 0) is 17.7 Å². The summed E-state index contributed by atoms with van der Waals surface area (Å²) in [4.78, 5) is 24.4. The molecule has 0 bridgehead atoms. The number of rotatable bonds is 2. The van der Waals surface area contributed by atoms with Crippen molar-refractivity contribution in [1.29, 1.82) is 0 Å². The zero-order chi connectivity index (χ0) is 14.1. The minimum atomic E-state index is -0.298. The summed E-state index contributed by atoms with van der Waals surface area (Å²) in [7, 11) is 0. The van der Waals surface area contributed by atoms with Gasteiger partial charge in [-0.15, -0.1) is 0 Å². The molecule has 0 radical (unpaired) electrons. The first kappa shape index (κ1) is 12.2. The van der Waals surface area contributed by atoms with E-state index < -0.39 is 0 Å². The largest absolute Gasteiger partial charge is 0.367 e. The molecule has 1 fully saturated rings. The van der Waals surface area contributed by atoms with Gasteiger partial charge in [-0.25, -0.2) is 0 Å². The van der Waals surface area contributed by atoms with E-state index in [4.69, 9.17) is 10.3 Å². The number of carbonyl (C=O) groups excluding carboxylic acids is 2. The van der Waals surface area contributed by atoms with Gasteiger partial charge in [-0.1, -0.05) is 17.3 Å². The van der Waals surface area contributed by atoms with Crippen molar-refractivity contribution in [3.8, 4) is 11.1 Å². The van der Waals surface area contributed by atoms with Crippen LogP contribution < -0.4 is 16.0 Å². The van der Waals surface area contributed by atoms with E-state index in [2.05, 4.69) is 10.5 Å². The zero-order valence-electron chi connectivity index (χ0n) is 10.5. The number of aromatic nitrogens is 1. The van der Waals surface area contributed by atoms with Crippen LogP contribution in [0, 0.1) is 0 Å². The molecule has 3 rings (SSSR count). The molecule has 2 heterocycles. The summed E-state index contributed by atoms with van der Waals surface area (Å²) in [6, 6.07) is 7.34. The van der Waals surface area contributed by atoms with Crippen LogP contribution in [0.3, 0.4) is 0 Å². The SMILES string of the molecule is Nc1oncc1-c1ccc(N2CC(=O)NC(=O)C2)cc1. The molecule has 3 N–H and O–H groups in total. The molecule has 20 heavy (non-hydrogen) atoms. The highest BCUT2D eigenvalue weighted by Gasteiger charge is 2.22. The van der Waals surface area contributed by atoms with Gasteiger partial charge in [-0.2, -0.15) is 0 Å². The monoisotopic (exact) mass is 272 g/mol. The molecular formula is C13H12N4O3. The van der Waals surface area contributed by atoms with Crippen molar-refractivity contribution in [3.63, 3.8) is 0 Å². The lowest BCUT2D eigenvalue weighted by Gasteiger charge is -2.27. The summed E-state index contributed by atoms with van der Waals surface area (Å²) in [5.41, 5.74) is 8.02. The number of nitrogens with one attached hydrogen (secondary N) is 1. The molecule has 1 aromatic carbocycles. The molecule has 2 amide bonds. The fourth-order valence-corrected chi connectivity index (χ4v) is 2.14. The molecule has 0 aliphatic carbocycles. The fourth-order valence-electron chi connectivity index (χ4n) is 2.14. The number of nitrogens with zero attached hydrogens (tertiary/aromatic N) is 2. The van der Waals surface area contributed by atoms with Gasteiger partial charge in [0.15, 0.2) is 0 Å². The second kappa shape index (κ2) is 4.69. The second-order valence-corrected chi connectivity index (χ2v) is 4.48. The van der Waals surface area contributed by atoms with Gasteiger partial charge in [0.25, 0.3) is 0 Å². The van der Waals surface area contributed by atoms with Crippen molar-refractivity contribution >= 4 is 23.4 Å². The van der Waals surface area contributed by atoms with E-state index in [-0.39, 0.29) is 30.8 Å². The average molecular weight is 272 g/mol. The summed E-state index contributed by atoms with van der Waals surface area (Å²) in [6.07, 6.45) is 1.54. The third-order valence-corrected chi connectivity index (χ3v) is 3.09. The summed E-state index contributed by atoms with van der Waals surface area (Å²) in [5.74, 6) is -0.340. The molecular weight excluding hydrogens is 260 g/mol. The number of hydrogen-bond donors (Lipinski definition) is 2. The van der Waals surface area contributed by atoms with Crippen molar-refractivity contribution < 1.29 is 14.1 Å². The van der Waals surface area contributed by atoms with Crippen LogP contribution in [0.5, 0.6) is 0 Å². The van der Waals surface area contributed by atoms with Crippen molar-refractivity contribution in [2.45, 2.75) is 0 Å². The molecule has 7 nitrogen and oxygen atoms in total. The van der Waals surface area contributed by atoms with Crippen LogP contribution >= 0.6 is 0 Å². The van der Waals surface area contributed by atoms with E-state index in [9.17, 15) is 9.59 Å². The molecule has 0 spiro atoms. The molecule has 102 valence electrons. The van der Waals surface area contributed by atoms with Gasteiger partial charge in [0.2, 0.25) is 17.7 Å². The first-order valence-electron chi connectivity index (χ1n) is 6.02. The highest BCUT2D eigenvalue weighted by Crippen LogP contribution is 2.27. The number of nitrogen functional groups attached to an aromatic ring is 1. The number of imide groups is 1. The standard InChI is InChI=1S/C13H12N4O3/c14-13-10(5-15-20-13)8-1-3-9(4-2-8)17-6-11(18)16-12(19)7-17/h1-5H,6-7,14H2,(H,16,18,19). The topological polar surface area (TPSA) is 101 Å². The lowest BCUT2D eigenvalue weighted by molar-refractivity contribution is -0.130. The molecule has 1 aromatic heterocycles. The van der Waals surface area contributed by atoms with Gasteiger partial charge in [0, 0.05) is 5.69 Å². The van der Waals surface area contributed by atoms with Crippen LogP contribution in [0.2, 0.25) is 0 Å². The Labute approximate surface area is 114 Å². The Morgan fingerprint density at radius 3 is 2.35 bits per heavy atom. The summed E-state index contributed by atoms with van der Waals surface area (Å²) < 4.78 is 4.81. The number of nitrogens with two attached hydrogens (primary N) is 1. The maximum absolute atomic E-state index is 11.3. The number of benzene rings is 1. The average Bonchev–Trinajstić information content (AvgIpc) is 2.84. The van der Waals surface area contributed by atoms with Crippen LogP contribution in [0.1, 0.15) is 0 Å². The van der Waals surface area contributed by atoms with Crippen LogP contribution in [0.25, 0.3) is 11.1 Å². The summed E-state index contributed by atoms with van der Waals surface area (Å²) in [5, 5.41) is 5.89. The summed E-state index contributed by atoms with van der Waals surface area (Å²) >= 11 is 0. The summed E-state index contributed by atoms with van der Waals surface area (Å²) in [6.45, 7) is 0.334. The van der Waals surface area contributed by atoms with Crippen molar-refractivity contribution in [3.05, 3.63) is 30.5 Å². The van der Waals surface area contributed by atoms with Crippen molar-refractivity contribution in [1.82, 2.24) is 10.5 Å². The van der Waals surface area contributed by atoms with E-state index >= 15 is 0 Å². The quantitative estimate of drug-likeness (QED) is 0.767. The fraction of sp³-hybridized carbons (Fsp3) is 0.154. The third-order valence-electron chi connectivity index (χ3n) is 3.09. The lowest BCUT2D eigenvalue weighted by atomic mass is 10.1. The Morgan fingerprint density at radius 2 is 1.80 bits per heavy atom. The molecule has 1 aliphatic heterocycles. The normalized spacial score (nSPS) is 15.3. The predicted octanol–water partition coefficient (Wildman–Crippen LogP) is 0.387. The van der Waals surface area contributed by atoms with Crippen molar-refractivity contribution in [2.75, 3.05) is 23.7 Å². The molecule has 2 aromatic rings. The van der Waals surface area contributed by atoms with Gasteiger partial charge in [-0.3, -0.25) is 14.9 Å². The van der Waals surface area contributed by atoms with E-state index in [1.807, 2.05) is 24.3 Å². The Kier molecular flexibility index (Phi) is 2.86. The maximum Gasteiger partial charge on any atom is 0.246 e. The van der Waals surface area contributed by atoms with Crippen LogP contribution in [-0.4, -0.2) is 30.1 Å². The first-order chi connectivity index (χ1) is 9.63. The van der Waals surface area contributed by atoms with Crippen LogP contribution in [-0.2, 0) is 9.59 Å². The minimum absolute atomic E-state index is 0.167. The number of anilines is 2. The molecule has 1 aliphatic rings. The van der Waals surface area contributed by atoms with Gasteiger partial charge in [0.1, 0.15) is 0 Å². The van der Waals surface area contributed by atoms with E-state index in [0.717, 1.165) is 11.3 Å². The number of piperazine rings is 1. The lowest BCUT2D eigenvalue weighted by Crippen LogP contribution is -2.51. The third kappa shape index (κ3) is 2.20. The molecule has 7 heteroatoms. The van der Waals surface area contributed by atoms with Crippen LogP contribution in [0.4, 0.5) is 11.6 Å². The van der Waals surface area contributed by atoms with Crippen LogP contribution in [0.15, 0.2) is 35.0 Å². The number of hydrogen-bond acceptors (Lipinski definition) is 6. The highest BCUT2D eigenvalue weighted by atomic mass is 16.5. The molecule has 0 unspecified atom stereocenters. The Morgan fingerprint density at radius 1 is 1.15 bits per heavy atom. The van der Waals surface area contributed by atoms with E-state index in [0.29, 0.717) is 5.56 Å². The van der Waals surface area contributed by atoms with E-state index in [1.165, 1.54) is 0 Å². The Bertz CT molecular complexity index is 647. The first-order valence-corrected chi connectivity index (χ1v) is 6.02. The van der Waals surface area contributed by atoms with Crippen molar-refractivity contribution in [2.24, 2.45) is 0 Å². The van der Waals surface area contributed by atoms with Gasteiger partial charge >= 0.3 is 0 Å². The Hall–Kier alpha value is -2.83. The molecule has 0 atom stereocenters. The van der Waals surface area contributed by atoms with E-state index in [1.54, 1.807) is 11.1 Å². The van der Waals surface area contributed by atoms with Gasteiger partial charge < -0.3 is 15.2 Å². The van der Waals surface area contributed by atoms with Gasteiger partial charge in [0.05, 0.1) is 24.8 Å². The second-order valence-electron chi connectivity index (χ2n) is 4.48. The number of amides is 2.